The van der Waals surface area contributed by atoms with Gasteiger partial charge in [0.25, 0.3) is 0 Å². The Morgan fingerprint density at radius 2 is 2.25 bits per heavy atom. The van der Waals surface area contributed by atoms with E-state index in [1.165, 1.54) is 24.3 Å². The monoisotopic (exact) mass is 243 g/mol. The predicted molar refractivity (Wildman–Crippen MR) is 71.0 cm³/mol. The van der Waals surface area contributed by atoms with Gasteiger partial charge >= 0.3 is 0 Å². The van der Waals surface area contributed by atoms with E-state index in [2.05, 4.69) is 37.8 Å². The molecule has 1 N–H and O–H groups in total. The lowest BCUT2D eigenvalue weighted by atomic mass is 9.82. The van der Waals surface area contributed by atoms with Crippen LogP contribution in [0.2, 0.25) is 0 Å². The van der Waals surface area contributed by atoms with Crippen LogP contribution in [0.3, 0.4) is 0 Å². The fraction of sp³-hybridized carbons (Fsp3) is 1.00. The first-order valence-electron chi connectivity index (χ1n) is 6.52. The smallest absolute Gasteiger partial charge is 0.0588 e. The molecule has 0 amide bonds. The highest BCUT2D eigenvalue weighted by Crippen LogP contribution is 2.34. The molecule has 3 unspecified atom stereocenters. The molecule has 2 rings (SSSR count). The molecule has 0 aliphatic carbocycles. The van der Waals surface area contributed by atoms with Gasteiger partial charge in [0.15, 0.2) is 0 Å². The van der Waals surface area contributed by atoms with Crippen molar-refractivity contribution in [3.05, 3.63) is 0 Å². The standard InChI is InChI=1S/C13H25NOS/c1-10-11(4-6-15-10)8-14-12-9-16-7-5-13(12,2)3/h10-12,14H,4-9H2,1-3H3. The third-order valence-electron chi connectivity index (χ3n) is 4.28. The van der Waals surface area contributed by atoms with E-state index >= 15 is 0 Å². The number of hydrogen-bond acceptors (Lipinski definition) is 3. The van der Waals surface area contributed by atoms with Crippen molar-refractivity contribution in [1.29, 1.82) is 0 Å². The lowest BCUT2D eigenvalue weighted by molar-refractivity contribution is 0.103. The molecule has 3 heteroatoms. The van der Waals surface area contributed by atoms with Gasteiger partial charge < -0.3 is 10.1 Å². The Morgan fingerprint density at radius 1 is 1.44 bits per heavy atom. The summed E-state index contributed by atoms with van der Waals surface area (Å²) in [7, 11) is 0. The molecular weight excluding hydrogens is 218 g/mol. The van der Waals surface area contributed by atoms with Gasteiger partial charge in [0, 0.05) is 24.9 Å². The number of hydrogen-bond donors (Lipinski definition) is 1. The first-order chi connectivity index (χ1) is 7.59. The van der Waals surface area contributed by atoms with Crippen LogP contribution in [0, 0.1) is 11.3 Å². The Labute approximate surface area is 104 Å². The van der Waals surface area contributed by atoms with E-state index in [0.717, 1.165) is 19.1 Å². The second-order valence-corrected chi connectivity index (χ2v) is 7.05. The molecule has 2 heterocycles. The summed E-state index contributed by atoms with van der Waals surface area (Å²) in [6, 6.07) is 0.680. The van der Waals surface area contributed by atoms with Crippen LogP contribution in [0.5, 0.6) is 0 Å². The van der Waals surface area contributed by atoms with Gasteiger partial charge in [-0.2, -0.15) is 11.8 Å². The summed E-state index contributed by atoms with van der Waals surface area (Å²) >= 11 is 2.09. The Bertz CT molecular complexity index is 232. The Hall–Kier alpha value is 0.270. The highest BCUT2D eigenvalue weighted by molar-refractivity contribution is 7.99. The van der Waals surface area contributed by atoms with Crippen LogP contribution in [-0.4, -0.2) is 36.8 Å². The average molecular weight is 243 g/mol. The van der Waals surface area contributed by atoms with Crippen molar-refractivity contribution in [2.24, 2.45) is 11.3 Å². The summed E-state index contributed by atoms with van der Waals surface area (Å²) in [4.78, 5) is 0. The Morgan fingerprint density at radius 3 is 2.88 bits per heavy atom. The van der Waals surface area contributed by atoms with Crippen LogP contribution in [-0.2, 0) is 4.74 Å². The first kappa shape index (κ1) is 12.7. The maximum atomic E-state index is 5.61. The van der Waals surface area contributed by atoms with Gasteiger partial charge in [-0.05, 0) is 36.9 Å². The lowest BCUT2D eigenvalue weighted by Crippen LogP contribution is -2.48. The molecule has 94 valence electrons. The van der Waals surface area contributed by atoms with E-state index in [1.54, 1.807) is 0 Å². The van der Waals surface area contributed by atoms with Gasteiger partial charge in [0.05, 0.1) is 6.10 Å². The van der Waals surface area contributed by atoms with E-state index < -0.39 is 0 Å². The van der Waals surface area contributed by atoms with Crippen molar-refractivity contribution in [1.82, 2.24) is 5.32 Å². The van der Waals surface area contributed by atoms with Crippen molar-refractivity contribution in [2.45, 2.75) is 45.8 Å². The fourth-order valence-electron chi connectivity index (χ4n) is 2.61. The molecule has 0 spiro atoms. The summed E-state index contributed by atoms with van der Waals surface area (Å²) in [6.07, 6.45) is 3.02. The van der Waals surface area contributed by atoms with E-state index in [-0.39, 0.29) is 0 Å². The quantitative estimate of drug-likeness (QED) is 0.823. The SMILES string of the molecule is CC1OCCC1CNC1CSCCC1(C)C. The zero-order valence-corrected chi connectivity index (χ0v) is 11.6. The van der Waals surface area contributed by atoms with E-state index in [0.29, 0.717) is 17.6 Å². The third-order valence-corrected chi connectivity index (χ3v) is 5.34. The lowest BCUT2D eigenvalue weighted by Gasteiger charge is -2.39. The van der Waals surface area contributed by atoms with Gasteiger partial charge in [0.2, 0.25) is 0 Å². The molecule has 2 fully saturated rings. The van der Waals surface area contributed by atoms with Crippen LogP contribution >= 0.6 is 11.8 Å². The maximum Gasteiger partial charge on any atom is 0.0588 e. The summed E-state index contributed by atoms with van der Waals surface area (Å²) < 4.78 is 5.61. The average Bonchev–Trinajstić information content (AvgIpc) is 2.62. The molecule has 2 nitrogen and oxygen atoms in total. The molecule has 3 atom stereocenters. The highest BCUT2D eigenvalue weighted by Gasteiger charge is 2.33. The third kappa shape index (κ3) is 2.93. The van der Waals surface area contributed by atoms with Gasteiger partial charge in [-0.15, -0.1) is 0 Å². The number of rotatable bonds is 3. The summed E-state index contributed by atoms with van der Waals surface area (Å²) in [5.41, 5.74) is 0.466. The molecule has 16 heavy (non-hydrogen) atoms. The maximum absolute atomic E-state index is 5.61. The zero-order chi connectivity index (χ0) is 11.6. The zero-order valence-electron chi connectivity index (χ0n) is 10.8. The second kappa shape index (κ2) is 5.28. The summed E-state index contributed by atoms with van der Waals surface area (Å²) in [5, 5.41) is 3.78. The van der Waals surface area contributed by atoms with Crippen LogP contribution in [0.15, 0.2) is 0 Å². The van der Waals surface area contributed by atoms with Gasteiger partial charge in [-0.3, -0.25) is 0 Å². The number of thioether (sulfide) groups is 1. The van der Waals surface area contributed by atoms with Crippen molar-refractivity contribution in [3.63, 3.8) is 0 Å². The topological polar surface area (TPSA) is 21.3 Å². The molecule has 0 saturated carbocycles. The normalized spacial score (nSPS) is 38.8. The Kier molecular flexibility index (Phi) is 4.20. The van der Waals surface area contributed by atoms with Gasteiger partial charge in [0.1, 0.15) is 0 Å². The minimum atomic E-state index is 0.451. The van der Waals surface area contributed by atoms with Gasteiger partial charge in [-0.1, -0.05) is 13.8 Å². The second-order valence-electron chi connectivity index (χ2n) is 5.90. The molecule has 0 bridgehead atoms. The van der Waals surface area contributed by atoms with E-state index in [1.807, 2.05) is 0 Å². The molecule has 2 aliphatic heterocycles. The minimum absolute atomic E-state index is 0.451. The van der Waals surface area contributed by atoms with Crippen LogP contribution in [0.1, 0.15) is 33.6 Å². The minimum Gasteiger partial charge on any atom is -0.378 e. The van der Waals surface area contributed by atoms with Crippen LogP contribution in [0.4, 0.5) is 0 Å². The Balaban J connectivity index is 1.80. The first-order valence-corrected chi connectivity index (χ1v) is 7.68. The molecule has 0 aromatic carbocycles. The number of ether oxygens (including phenoxy) is 1. The summed E-state index contributed by atoms with van der Waals surface area (Å²) in [5.74, 6) is 3.33. The van der Waals surface area contributed by atoms with E-state index in [4.69, 9.17) is 4.74 Å². The predicted octanol–water partition coefficient (Wildman–Crippen LogP) is 2.53. The fourth-order valence-corrected chi connectivity index (χ4v) is 4.25. The van der Waals surface area contributed by atoms with Crippen LogP contribution < -0.4 is 5.32 Å². The number of nitrogens with one attached hydrogen (secondary N) is 1. The molecular formula is C13H25NOS. The van der Waals surface area contributed by atoms with E-state index in [9.17, 15) is 0 Å². The highest BCUT2D eigenvalue weighted by atomic mass is 32.2. The van der Waals surface area contributed by atoms with Crippen LogP contribution in [0.25, 0.3) is 0 Å². The van der Waals surface area contributed by atoms with Crippen molar-refractivity contribution in [3.8, 4) is 0 Å². The van der Waals surface area contributed by atoms with Crippen molar-refractivity contribution < 1.29 is 4.74 Å². The molecule has 0 radical (unpaired) electrons. The molecule has 0 aromatic rings. The largest absolute Gasteiger partial charge is 0.378 e. The molecule has 2 aliphatic rings. The van der Waals surface area contributed by atoms with Gasteiger partial charge in [-0.25, -0.2) is 0 Å². The van der Waals surface area contributed by atoms with Crippen molar-refractivity contribution >= 4 is 11.8 Å². The summed E-state index contributed by atoms with van der Waals surface area (Å²) in [6.45, 7) is 9.10. The molecule has 2 saturated heterocycles. The molecule has 0 aromatic heterocycles. The van der Waals surface area contributed by atoms with Crippen molar-refractivity contribution in [2.75, 3.05) is 24.7 Å².